The lowest BCUT2D eigenvalue weighted by Crippen LogP contribution is -2.43. The Bertz CT molecular complexity index is 702. The fourth-order valence-electron chi connectivity index (χ4n) is 2.96. The van der Waals surface area contributed by atoms with Crippen LogP contribution in [0, 0.1) is 6.92 Å². The van der Waals surface area contributed by atoms with Crippen molar-refractivity contribution in [3.63, 3.8) is 0 Å². The van der Waals surface area contributed by atoms with Crippen LogP contribution in [0.4, 0.5) is 0 Å². The van der Waals surface area contributed by atoms with Crippen LogP contribution in [-0.4, -0.2) is 18.5 Å². The molecule has 1 amide bonds. The lowest BCUT2D eigenvalue weighted by Gasteiger charge is -2.11. The fourth-order valence-corrected chi connectivity index (χ4v) is 3.23. The second-order valence-electron chi connectivity index (χ2n) is 6.21. The summed E-state index contributed by atoms with van der Waals surface area (Å²) in [4.78, 5) is 12.3. The molecule has 1 fully saturated rings. The standard InChI is InChI=1S/C19H22BrN3O/c1-13-3-2-4-14(11-13)9-10-21-19(24)18-12-17(22-23-18)15-5-7-16(20)8-6-15/h2-8,11,17-18,22-23H,9-10,12H2,1H3,(H,21,24). The van der Waals surface area contributed by atoms with E-state index >= 15 is 0 Å². The summed E-state index contributed by atoms with van der Waals surface area (Å²) in [5.74, 6) is 0.0507. The van der Waals surface area contributed by atoms with Crippen LogP contribution in [0.5, 0.6) is 0 Å². The highest BCUT2D eigenvalue weighted by Crippen LogP contribution is 2.23. The Hall–Kier alpha value is -1.69. The fraction of sp³-hybridized carbons (Fsp3) is 0.316. The van der Waals surface area contributed by atoms with Crippen molar-refractivity contribution in [1.29, 1.82) is 0 Å². The molecule has 2 aromatic rings. The maximum absolute atomic E-state index is 12.3. The Labute approximate surface area is 151 Å². The lowest BCUT2D eigenvalue weighted by atomic mass is 10.0. The Morgan fingerprint density at radius 1 is 1.21 bits per heavy atom. The number of hydrogen-bond acceptors (Lipinski definition) is 3. The van der Waals surface area contributed by atoms with E-state index in [-0.39, 0.29) is 18.0 Å². The predicted octanol–water partition coefficient (Wildman–Crippen LogP) is 3.02. The van der Waals surface area contributed by atoms with Crippen LogP contribution >= 0.6 is 15.9 Å². The smallest absolute Gasteiger partial charge is 0.238 e. The molecule has 1 aliphatic heterocycles. The molecule has 1 saturated heterocycles. The van der Waals surface area contributed by atoms with Gasteiger partial charge >= 0.3 is 0 Å². The molecule has 0 radical (unpaired) electrons. The van der Waals surface area contributed by atoms with Gasteiger partial charge in [-0.25, -0.2) is 10.9 Å². The van der Waals surface area contributed by atoms with Gasteiger partial charge in [0.25, 0.3) is 0 Å². The van der Waals surface area contributed by atoms with Gasteiger partial charge in [0.2, 0.25) is 5.91 Å². The van der Waals surface area contributed by atoms with Crippen molar-refractivity contribution >= 4 is 21.8 Å². The molecule has 24 heavy (non-hydrogen) atoms. The largest absolute Gasteiger partial charge is 0.354 e. The Kier molecular flexibility index (Phi) is 5.66. The molecule has 3 rings (SSSR count). The summed E-state index contributed by atoms with van der Waals surface area (Å²) in [5.41, 5.74) is 10.00. The molecule has 0 aromatic heterocycles. The van der Waals surface area contributed by atoms with Crippen LogP contribution in [-0.2, 0) is 11.2 Å². The van der Waals surface area contributed by atoms with Gasteiger partial charge in [-0.15, -0.1) is 0 Å². The summed E-state index contributed by atoms with van der Waals surface area (Å²) >= 11 is 3.44. The number of amides is 1. The molecule has 1 aliphatic rings. The van der Waals surface area contributed by atoms with Crippen molar-refractivity contribution in [3.8, 4) is 0 Å². The van der Waals surface area contributed by atoms with E-state index in [0.717, 1.165) is 17.3 Å². The first kappa shape index (κ1) is 17.1. The van der Waals surface area contributed by atoms with E-state index in [0.29, 0.717) is 6.54 Å². The Morgan fingerprint density at radius 3 is 2.75 bits per heavy atom. The highest BCUT2D eigenvalue weighted by Gasteiger charge is 2.29. The molecule has 1 heterocycles. The highest BCUT2D eigenvalue weighted by atomic mass is 79.9. The second-order valence-corrected chi connectivity index (χ2v) is 7.13. The average molecular weight is 388 g/mol. The number of hydrogen-bond donors (Lipinski definition) is 3. The molecule has 0 aliphatic carbocycles. The van der Waals surface area contributed by atoms with Gasteiger partial charge in [0.1, 0.15) is 6.04 Å². The van der Waals surface area contributed by atoms with Crippen LogP contribution in [0.2, 0.25) is 0 Å². The molecule has 5 heteroatoms. The minimum absolute atomic E-state index is 0.0507. The monoisotopic (exact) mass is 387 g/mol. The quantitative estimate of drug-likeness (QED) is 0.738. The topological polar surface area (TPSA) is 53.2 Å². The molecule has 0 spiro atoms. The SMILES string of the molecule is Cc1cccc(CCNC(=O)C2CC(c3ccc(Br)cc3)NN2)c1. The number of carbonyl (C=O) groups excluding carboxylic acids is 1. The van der Waals surface area contributed by atoms with Crippen molar-refractivity contribution < 1.29 is 4.79 Å². The zero-order chi connectivity index (χ0) is 16.9. The molecule has 0 saturated carbocycles. The van der Waals surface area contributed by atoms with Crippen LogP contribution in [0.15, 0.2) is 53.0 Å². The molecule has 3 N–H and O–H groups in total. The van der Waals surface area contributed by atoms with Crippen LogP contribution in [0.1, 0.15) is 29.2 Å². The third-order valence-corrected chi connectivity index (χ3v) is 4.82. The number of nitrogens with one attached hydrogen (secondary N) is 3. The van der Waals surface area contributed by atoms with E-state index < -0.39 is 0 Å². The summed E-state index contributed by atoms with van der Waals surface area (Å²) in [6.07, 6.45) is 1.60. The van der Waals surface area contributed by atoms with E-state index in [9.17, 15) is 4.79 Å². The van der Waals surface area contributed by atoms with Crippen LogP contribution < -0.4 is 16.2 Å². The molecule has 2 aromatic carbocycles. The first-order chi connectivity index (χ1) is 11.6. The van der Waals surface area contributed by atoms with Crippen LogP contribution in [0.25, 0.3) is 0 Å². The molecule has 2 atom stereocenters. The van der Waals surface area contributed by atoms with E-state index in [2.05, 4.69) is 75.4 Å². The van der Waals surface area contributed by atoms with Gasteiger partial charge in [-0.1, -0.05) is 57.9 Å². The minimum atomic E-state index is -0.198. The first-order valence-corrected chi connectivity index (χ1v) is 9.01. The number of benzene rings is 2. The van der Waals surface area contributed by atoms with Gasteiger partial charge in [-0.3, -0.25) is 4.79 Å². The Balaban J connectivity index is 1.47. The van der Waals surface area contributed by atoms with Crippen molar-refractivity contribution in [2.75, 3.05) is 6.54 Å². The van der Waals surface area contributed by atoms with E-state index in [1.54, 1.807) is 0 Å². The zero-order valence-corrected chi connectivity index (χ0v) is 15.3. The van der Waals surface area contributed by atoms with Gasteiger partial charge in [0.05, 0.1) is 0 Å². The summed E-state index contributed by atoms with van der Waals surface area (Å²) in [5, 5.41) is 3.02. The molecule has 126 valence electrons. The Morgan fingerprint density at radius 2 is 2.00 bits per heavy atom. The molecule has 4 nitrogen and oxygen atoms in total. The maximum Gasteiger partial charge on any atom is 0.238 e. The number of aryl methyl sites for hydroxylation is 1. The van der Waals surface area contributed by atoms with E-state index in [1.165, 1.54) is 16.7 Å². The first-order valence-electron chi connectivity index (χ1n) is 8.21. The number of halogens is 1. The second kappa shape index (κ2) is 7.92. The van der Waals surface area contributed by atoms with Gasteiger partial charge in [0, 0.05) is 17.1 Å². The molecule has 0 bridgehead atoms. The predicted molar refractivity (Wildman–Crippen MR) is 99.5 cm³/mol. The van der Waals surface area contributed by atoms with Gasteiger partial charge in [0.15, 0.2) is 0 Å². The third kappa shape index (κ3) is 4.44. The number of hydrazine groups is 1. The average Bonchev–Trinajstić information content (AvgIpc) is 3.05. The van der Waals surface area contributed by atoms with Crippen molar-refractivity contribution in [2.24, 2.45) is 0 Å². The minimum Gasteiger partial charge on any atom is -0.354 e. The molecular formula is C19H22BrN3O. The maximum atomic E-state index is 12.3. The summed E-state index contributed by atoms with van der Waals surface area (Å²) in [6.45, 7) is 2.74. The van der Waals surface area contributed by atoms with Crippen molar-refractivity contribution in [3.05, 3.63) is 69.7 Å². The van der Waals surface area contributed by atoms with Gasteiger partial charge in [-0.05, 0) is 43.0 Å². The lowest BCUT2D eigenvalue weighted by molar-refractivity contribution is -0.122. The summed E-state index contributed by atoms with van der Waals surface area (Å²) in [7, 11) is 0. The molecular weight excluding hydrogens is 366 g/mol. The number of carbonyl (C=O) groups is 1. The van der Waals surface area contributed by atoms with E-state index in [4.69, 9.17) is 0 Å². The molecule has 2 unspecified atom stereocenters. The van der Waals surface area contributed by atoms with E-state index in [1.807, 2.05) is 12.1 Å². The van der Waals surface area contributed by atoms with Gasteiger partial charge < -0.3 is 5.32 Å². The normalized spacial score (nSPS) is 20.1. The number of rotatable bonds is 5. The van der Waals surface area contributed by atoms with Crippen molar-refractivity contribution in [2.45, 2.75) is 31.8 Å². The highest BCUT2D eigenvalue weighted by molar-refractivity contribution is 9.10. The zero-order valence-electron chi connectivity index (χ0n) is 13.7. The van der Waals surface area contributed by atoms with Crippen LogP contribution in [0.3, 0.4) is 0 Å². The summed E-state index contributed by atoms with van der Waals surface area (Å²) in [6, 6.07) is 16.5. The van der Waals surface area contributed by atoms with Gasteiger partial charge in [-0.2, -0.15) is 0 Å². The third-order valence-electron chi connectivity index (χ3n) is 4.29. The summed E-state index contributed by atoms with van der Waals surface area (Å²) < 4.78 is 1.06. The van der Waals surface area contributed by atoms with Crippen molar-refractivity contribution in [1.82, 2.24) is 16.2 Å².